The first-order chi connectivity index (χ1) is 7.26. The molecule has 0 fully saturated rings. The van der Waals surface area contributed by atoms with Crippen LogP contribution < -0.4 is 22.3 Å². The fourth-order valence-electron chi connectivity index (χ4n) is 1.20. The first kappa shape index (κ1) is 14.7. The minimum Gasteiger partial charge on any atom is -0.370 e. The molecule has 6 N–H and O–H groups in total. The van der Waals surface area contributed by atoms with Crippen molar-refractivity contribution in [2.45, 2.75) is 39.7 Å². The summed E-state index contributed by atoms with van der Waals surface area (Å²) in [6.07, 6.45) is 0.218. The van der Waals surface area contributed by atoms with E-state index in [1.54, 1.807) is 0 Å². The summed E-state index contributed by atoms with van der Waals surface area (Å²) in [5.41, 5.74) is 7.16. The molecule has 0 aromatic rings. The zero-order chi connectivity index (χ0) is 12.8. The van der Waals surface area contributed by atoms with Crippen LogP contribution in [0.5, 0.6) is 0 Å². The molecule has 0 aliphatic rings. The van der Waals surface area contributed by atoms with Gasteiger partial charge in [-0.3, -0.25) is 15.2 Å². The van der Waals surface area contributed by atoms with E-state index in [9.17, 15) is 4.79 Å². The van der Waals surface area contributed by atoms with E-state index in [1.165, 1.54) is 0 Å². The predicted molar refractivity (Wildman–Crippen MR) is 65.5 cm³/mol. The van der Waals surface area contributed by atoms with Gasteiger partial charge in [0.1, 0.15) is 0 Å². The smallest absolute Gasteiger partial charge is 0.219 e. The van der Waals surface area contributed by atoms with Gasteiger partial charge in [0.2, 0.25) is 11.9 Å². The highest BCUT2D eigenvalue weighted by Gasteiger charge is 2.21. The van der Waals surface area contributed by atoms with Crippen molar-refractivity contribution >= 4 is 11.9 Å². The molecular formula is C10H23N5O. The number of nitrogens with two attached hydrogens (primary N) is 2. The third-order valence-electron chi connectivity index (χ3n) is 1.82. The molecule has 0 aromatic heterocycles. The van der Waals surface area contributed by atoms with E-state index in [-0.39, 0.29) is 12.3 Å². The molecule has 0 radical (unpaired) electrons. The van der Waals surface area contributed by atoms with Gasteiger partial charge < -0.3 is 11.1 Å². The quantitative estimate of drug-likeness (QED) is 0.225. The molecule has 0 spiro atoms. The Labute approximate surface area is 96.8 Å². The number of primary amides is 1. The van der Waals surface area contributed by atoms with Gasteiger partial charge in [0.25, 0.3) is 0 Å². The number of hydrogen-bond acceptors (Lipinski definition) is 3. The monoisotopic (exact) mass is 229 g/mol. The van der Waals surface area contributed by atoms with E-state index in [0.29, 0.717) is 18.4 Å². The molecule has 0 aromatic carbocycles. The van der Waals surface area contributed by atoms with E-state index < -0.39 is 5.54 Å². The SMILES string of the molecule is CC(C)CN=C(NN)NC(C)(C)CC(N)=O. The highest BCUT2D eigenvalue weighted by molar-refractivity contribution is 5.81. The summed E-state index contributed by atoms with van der Waals surface area (Å²) >= 11 is 0. The lowest BCUT2D eigenvalue weighted by Crippen LogP contribution is -2.53. The van der Waals surface area contributed by atoms with E-state index >= 15 is 0 Å². The molecule has 0 heterocycles. The molecule has 0 saturated carbocycles. The summed E-state index contributed by atoms with van der Waals surface area (Å²) in [5.74, 6) is 5.90. The van der Waals surface area contributed by atoms with Crippen molar-refractivity contribution in [1.29, 1.82) is 0 Å². The molecule has 1 amide bonds. The van der Waals surface area contributed by atoms with Gasteiger partial charge in [-0.1, -0.05) is 13.8 Å². The molecule has 0 bridgehead atoms. The fraction of sp³-hybridized carbons (Fsp3) is 0.800. The Hall–Kier alpha value is -1.30. The Balaban J connectivity index is 4.40. The Morgan fingerprint density at radius 3 is 2.38 bits per heavy atom. The normalized spacial score (nSPS) is 12.8. The highest BCUT2D eigenvalue weighted by Crippen LogP contribution is 2.06. The average Bonchev–Trinajstić information content (AvgIpc) is 2.09. The van der Waals surface area contributed by atoms with Crippen LogP contribution >= 0.6 is 0 Å². The van der Waals surface area contributed by atoms with Crippen molar-refractivity contribution in [2.75, 3.05) is 6.54 Å². The number of hydrogen-bond donors (Lipinski definition) is 4. The van der Waals surface area contributed by atoms with Crippen LogP contribution in [0.15, 0.2) is 4.99 Å². The molecule has 0 aliphatic carbocycles. The van der Waals surface area contributed by atoms with Crippen LogP contribution in [0.4, 0.5) is 0 Å². The molecule has 0 unspecified atom stereocenters. The van der Waals surface area contributed by atoms with Gasteiger partial charge in [-0.15, -0.1) is 0 Å². The molecule has 0 rings (SSSR count). The summed E-state index contributed by atoms with van der Waals surface area (Å²) in [4.78, 5) is 15.1. The van der Waals surface area contributed by atoms with E-state index in [2.05, 4.69) is 29.6 Å². The number of hydrazine groups is 1. The van der Waals surface area contributed by atoms with Gasteiger partial charge in [0.15, 0.2) is 0 Å². The maximum atomic E-state index is 10.8. The molecule has 16 heavy (non-hydrogen) atoms. The third kappa shape index (κ3) is 7.05. The van der Waals surface area contributed by atoms with Crippen molar-refractivity contribution in [3.05, 3.63) is 0 Å². The number of nitrogens with one attached hydrogen (secondary N) is 2. The lowest BCUT2D eigenvalue weighted by molar-refractivity contribution is -0.119. The maximum Gasteiger partial charge on any atom is 0.219 e. The standard InChI is InChI=1S/C10H23N5O/c1-7(2)6-13-9(15-12)14-10(3,4)5-8(11)16/h7H,5-6,12H2,1-4H3,(H2,11,16)(H2,13,14,15). The zero-order valence-corrected chi connectivity index (χ0v) is 10.5. The number of carbonyl (C=O) groups is 1. The summed E-state index contributed by atoms with van der Waals surface area (Å²) < 4.78 is 0. The summed E-state index contributed by atoms with van der Waals surface area (Å²) in [6.45, 7) is 8.51. The van der Waals surface area contributed by atoms with Gasteiger partial charge in [-0.25, -0.2) is 5.84 Å². The third-order valence-corrected chi connectivity index (χ3v) is 1.82. The molecule has 6 nitrogen and oxygen atoms in total. The molecule has 0 atom stereocenters. The van der Waals surface area contributed by atoms with Crippen LogP contribution in [0.25, 0.3) is 0 Å². The minimum absolute atomic E-state index is 0.218. The second-order valence-electron chi connectivity index (χ2n) is 4.88. The number of rotatable bonds is 5. The van der Waals surface area contributed by atoms with Crippen LogP contribution in [0.1, 0.15) is 34.1 Å². The second kappa shape index (κ2) is 6.32. The number of carbonyl (C=O) groups excluding carboxylic acids is 1. The Morgan fingerprint density at radius 2 is 2.00 bits per heavy atom. The van der Waals surface area contributed by atoms with Crippen LogP contribution in [0.3, 0.4) is 0 Å². The zero-order valence-electron chi connectivity index (χ0n) is 10.5. The van der Waals surface area contributed by atoms with Crippen molar-refractivity contribution in [1.82, 2.24) is 10.7 Å². The number of nitrogens with zero attached hydrogens (tertiary/aromatic N) is 1. The van der Waals surface area contributed by atoms with Gasteiger partial charge in [-0.05, 0) is 19.8 Å². The van der Waals surface area contributed by atoms with E-state index in [1.807, 2.05) is 13.8 Å². The summed E-state index contributed by atoms with van der Waals surface area (Å²) in [6, 6.07) is 0. The lowest BCUT2D eigenvalue weighted by atomic mass is 10.0. The number of aliphatic imine (C=N–C) groups is 1. The largest absolute Gasteiger partial charge is 0.370 e. The van der Waals surface area contributed by atoms with Crippen molar-refractivity contribution in [2.24, 2.45) is 22.5 Å². The lowest BCUT2D eigenvalue weighted by Gasteiger charge is -2.26. The predicted octanol–water partition coefficient (Wildman–Crippen LogP) is -0.295. The van der Waals surface area contributed by atoms with Crippen LogP contribution in [-0.2, 0) is 4.79 Å². The molecular weight excluding hydrogens is 206 g/mol. The van der Waals surface area contributed by atoms with Crippen LogP contribution in [0.2, 0.25) is 0 Å². The second-order valence-corrected chi connectivity index (χ2v) is 4.88. The average molecular weight is 229 g/mol. The first-order valence-electron chi connectivity index (χ1n) is 5.34. The van der Waals surface area contributed by atoms with Gasteiger partial charge in [-0.2, -0.15) is 0 Å². The molecule has 6 heteroatoms. The number of amides is 1. The summed E-state index contributed by atoms with van der Waals surface area (Å²) in [5, 5.41) is 3.04. The first-order valence-corrected chi connectivity index (χ1v) is 5.34. The fourth-order valence-corrected chi connectivity index (χ4v) is 1.20. The van der Waals surface area contributed by atoms with Crippen LogP contribution in [-0.4, -0.2) is 24.0 Å². The topological polar surface area (TPSA) is 106 Å². The molecule has 0 aliphatic heterocycles. The number of guanidine groups is 1. The summed E-state index contributed by atoms with van der Waals surface area (Å²) in [7, 11) is 0. The Bertz CT molecular complexity index is 260. The van der Waals surface area contributed by atoms with Gasteiger partial charge in [0, 0.05) is 18.5 Å². The Morgan fingerprint density at radius 1 is 1.44 bits per heavy atom. The van der Waals surface area contributed by atoms with Gasteiger partial charge in [0.05, 0.1) is 0 Å². The van der Waals surface area contributed by atoms with E-state index in [4.69, 9.17) is 11.6 Å². The minimum atomic E-state index is -0.464. The van der Waals surface area contributed by atoms with Gasteiger partial charge >= 0.3 is 0 Å². The van der Waals surface area contributed by atoms with Crippen molar-refractivity contribution in [3.8, 4) is 0 Å². The van der Waals surface area contributed by atoms with Crippen LogP contribution in [0, 0.1) is 5.92 Å². The highest BCUT2D eigenvalue weighted by atomic mass is 16.1. The molecule has 0 saturated heterocycles. The van der Waals surface area contributed by atoms with Crippen molar-refractivity contribution in [3.63, 3.8) is 0 Å². The maximum absolute atomic E-state index is 10.8. The Kier molecular flexibility index (Phi) is 5.81. The van der Waals surface area contributed by atoms with Crippen molar-refractivity contribution < 1.29 is 4.79 Å². The molecule has 94 valence electrons. The van der Waals surface area contributed by atoms with E-state index in [0.717, 1.165) is 0 Å².